The molecule has 1 aromatic rings. The molecule has 0 aromatic carbocycles. The fourth-order valence-corrected chi connectivity index (χ4v) is 2.98. The van der Waals surface area contributed by atoms with E-state index in [9.17, 15) is 0 Å². The van der Waals surface area contributed by atoms with Gasteiger partial charge in [0.25, 0.3) is 0 Å². The summed E-state index contributed by atoms with van der Waals surface area (Å²) in [5, 5.41) is 3.66. The number of hydrogen-bond acceptors (Lipinski definition) is 3. The van der Waals surface area contributed by atoms with Gasteiger partial charge in [0.15, 0.2) is 0 Å². The molecule has 98 valence electrons. The molecule has 1 N–H and O–H groups in total. The van der Waals surface area contributed by atoms with E-state index in [2.05, 4.69) is 38.2 Å². The molecule has 0 spiro atoms. The van der Waals surface area contributed by atoms with E-state index in [1.165, 1.54) is 22.6 Å². The fraction of sp³-hybridized carbons (Fsp3) is 0.714. The van der Waals surface area contributed by atoms with Gasteiger partial charge in [-0.05, 0) is 31.9 Å². The van der Waals surface area contributed by atoms with Crippen molar-refractivity contribution >= 4 is 11.3 Å². The zero-order chi connectivity index (χ0) is 12.7. The molecule has 1 heterocycles. The lowest BCUT2D eigenvalue weighted by atomic mass is 10.1. The van der Waals surface area contributed by atoms with Gasteiger partial charge >= 0.3 is 0 Å². The Morgan fingerprint density at radius 1 is 1.35 bits per heavy atom. The van der Waals surface area contributed by atoms with Crippen LogP contribution < -0.4 is 5.32 Å². The summed E-state index contributed by atoms with van der Waals surface area (Å²) in [6.07, 6.45) is 3.50. The van der Waals surface area contributed by atoms with Crippen LogP contribution in [0.3, 0.4) is 0 Å². The third-order valence-electron chi connectivity index (χ3n) is 2.95. The van der Waals surface area contributed by atoms with Gasteiger partial charge < -0.3 is 10.1 Å². The Labute approximate surface area is 109 Å². The van der Waals surface area contributed by atoms with Crippen molar-refractivity contribution in [3.05, 3.63) is 21.9 Å². The number of rotatable bonds is 8. The van der Waals surface area contributed by atoms with Gasteiger partial charge in [-0.15, -0.1) is 11.3 Å². The van der Waals surface area contributed by atoms with Gasteiger partial charge in [0, 0.05) is 28.9 Å². The SMILES string of the molecule is CCCC(COC)NC(C)c1ccc(CC)s1. The molecule has 2 atom stereocenters. The number of ether oxygens (including phenoxy) is 1. The molecule has 0 aliphatic carbocycles. The van der Waals surface area contributed by atoms with Crippen LogP contribution in [0, 0.1) is 0 Å². The molecule has 0 fully saturated rings. The van der Waals surface area contributed by atoms with Gasteiger partial charge in [-0.2, -0.15) is 0 Å². The van der Waals surface area contributed by atoms with Crippen molar-refractivity contribution in [1.29, 1.82) is 0 Å². The zero-order valence-corrected chi connectivity index (χ0v) is 12.3. The summed E-state index contributed by atoms with van der Waals surface area (Å²) in [5.74, 6) is 0. The topological polar surface area (TPSA) is 21.3 Å². The van der Waals surface area contributed by atoms with E-state index < -0.39 is 0 Å². The quantitative estimate of drug-likeness (QED) is 0.763. The monoisotopic (exact) mass is 255 g/mol. The average Bonchev–Trinajstić information content (AvgIpc) is 2.78. The Kier molecular flexibility index (Phi) is 6.78. The number of hydrogen-bond donors (Lipinski definition) is 1. The van der Waals surface area contributed by atoms with Gasteiger partial charge in [0.05, 0.1) is 6.61 Å². The predicted octanol–water partition coefficient (Wildman–Crippen LogP) is 3.78. The van der Waals surface area contributed by atoms with Crippen LogP contribution in [0.4, 0.5) is 0 Å². The molecular weight excluding hydrogens is 230 g/mol. The number of thiophene rings is 1. The highest BCUT2D eigenvalue weighted by Crippen LogP contribution is 2.24. The summed E-state index contributed by atoms with van der Waals surface area (Å²) in [7, 11) is 1.77. The molecule has 3 heteroatoms. The van der Waals surface area contributed by atoms with Crippen molar-refractivity contribution in [1.82, 2.24) is 5.32 Å². The van der Waals surface area contributed by atoms with Crippen molar-refractivity contribution in [2.24, 2.45) is 0 Å². The molecule has 0 bridgehead atoms. The second-order valence-electron chi connectivity index (χ2n) is 4.49. The largest absolute Gasteiger partial charge is 0.383 e. The third kappa shape index (κ3) is 4.78. The Bertz CT molecular complexity index is 305. The van der Waals surface area contributed by atoms with Gasteiger partial charge in [-0.1, -0.05) is 20.3 Å². The first kappa shape index (κ1) is 14.7. The lowest BCUT2D eigenvalue weighted by molar-refractivity contribution is 0.157. The maximum atomic E-state index is 5.26. The van der Waals surface area contributed by atoms with E-state index in [-0.39, 0.29) is 0 Å². The highest BCUT2D eigenvalue weighted by molar-refractivity contribution is 7.12. The molecule has 0 aliphatic heterocycles. The first-order valence-corrected chi connectivity index (χ1v) is 7.36. The maximum absolute atomic E-state index is 5.26. The lowest BCUT2D eigenvalue weighted by Crippen LogP contribution is -2.34. The molecule has 1 aromatic heterocycles. The third-order valence-corrected chi connectivity index (χ3v) is 4.36. The minimum Gasteiger partial charge on any atom is -0.383 e. The van der Waals surface area contributed by atoms with Crippen molar-refractivity contribution in [3.8, 4) is 0 Å². The highest BCUT2D eigenvalue weighted by atomic mass is 32.1. The van der Waals surface area contributed by atoms with Crippen LogP contribution >= 0.6 is 11.3 Å². The summed E-state index contributed by atoms with van der Waals surface area (Å²) < 4.78 is 5.26. The molecule has 0 saturated heterocycles. The summed E-state index contributed by atoms with van der Waals surface area (Å²) >= 11 is 1.92. The number of methoxy groups -OCH3 is 1. The smallest absolute Gasteiger partial charge is 0.0616 e. The summed E-state index contributed by atoms with van der Waals surface area (Å²) in [5.41, 5.74) is 0. The van der Waals surface area contributed by atoms with E-state index in [1.807, 2.05) is 11.3 Å². The molecule has 2 unspecified atom stereocenters. The zero-order valence-electron chi connectivity index (χ0n) is 11.5. The van der Waals surface area contributed by atoms with Crippen LogP contribution in [0.2, 0.25) is 0 Å². The van der Waals surface area contributed by atoms with Crippen LogP contribution in [0.25, 0.3) is 0 Å². The maximum Gasteiger partial charge on any atom is 0.0616 e. The van der Waals surface area contributed by atoms with Crippen molar-refractivity contribution in [3.63, 3.8) is 0 Å². The van der Waals surface area contributed by atoms with Crippen LogP contribution in [0.15, 0.2) is 12.1 Å². The molecule has 17 heavy (non-hydrogen) atoms. The van der Waals surface area contributed by atoms with E-state index in [0.29, 0.717) is 12.1 Å². The van der Waals surface area contributed by atoms with Gasteiger partial charge in [-0.3, -0.25) is 0 Å². The van der Waals surface area contributed by atoms with E-state index in [0.717, 1.165) is 13.0 Å². The molecule has 0 saturated carbocycles. The molecular formula is C14H25NOS. The molecule has 0 radical (unpaired) electrons. The number of aryl methyl sites for hydroxylation is 1. The van der Waals surface area contributed by atoms with Crippen LogP contribution in [0.5, 0.6) is 0 Å². The molecule has 1 rings (SSSR count). The summed E-state index contributed by atoms with van der Waals surface area (Å²) in [6, 6.07) is 5.37. The molecule has 2 nitrogen and oxygen atoms in total. The second kappa shape index (κ2) is 7.85. The standard InChI is InChI=1S/C14H25NOS/c1-5-7-12(10-16-4)15-11(3)14-9-8-13(6-2)17-14/h8-9,11-12,15H,5-7,10H2,1-4H3. The summed E-state index contributed by atoms with van der Waals surface area (Å²) in [6.45, 7) is 7.46. The van der Waals surface area contributed by atoms with Crippen molar-refractivity contribution < 1.29 is 4.74 Å². The van der Waals surface area contributed by atoms with Crippen LogP contribution in [-0.4, -0.2) is 19.8 Å². The minimum atomic E-state index is 0.423. The fourth-order valence-electron chi connectivity index (χ4n) is 2.02. The normalized spacial score (nSPS) is 14.8. The Morgan fingerprint density at radius 2 is 2.12 bits per heavy atom. The van der Waals surface area contributed by atoms with E-state index >= 15 is 0 Å². The predicted molar refractivity (Wildman–Crippen MR) is 75.8 cm³/mol. The summed E-state index contributed by atoms with van der Waals surface area (Å²) in [4.78, 5) is 2.89. The van der Waals surface area contributed by atoms with Crippen LogP contribution in [-0.2, 0) is 11.2 Å². The highest BCUT2D eigenvalue weighted by Gasteiger charge is 2.13. The van der Waals surface area contributed by atoms with E-state index in [1.54, 1.807) is 7.11 Å². The number of nitrogens with one attached hydrogen (secondary N) is 1. The first-order valence-electron chi connectivity index (χ1n) is 6.54. The van der Waals surface area contributed by atoms with E-state index in [4.69, 9.17) is 4.74 Å². The van der Waals surface area contributed by atoms with Crippen molar-refractivity contribution in [2.45, 2.75) is 52.1 Å². The molecule has 0 amide bonds. The second-order valence-corrected chi connectivity index (χ2v) is 5.69. The van der Waals surface area contributed by atoms with Crippen LogP contribution in [0.1, 0.15) is 49.4 Å². The first-order chi connectivity index (χ1) is 8.21. The minimum absolute atomic E-state index is 0.423. The van der Waals surface area contributed by atoms with Gasteiger partial charge in [0.2, 0.25) is 0 Å². The van der Waals surface area contributed by atoms with Gasteiger partial charge in [-0.25, -0.2) is 0 Å². The Hall–Kier alpha value is -0.380. The Balaban J connectivity index is 2.53. The van der Waals surface area contributed by atoms with Gasteiger partial charge in [0.1, 0.15) is 0 Å². The molecule has 0 aliphatic rings. The lowest BCUT2D eigenvalue weighted by Gasteiger charge is -2.21. The Morgan fingerprint density at radius 3 is 2.65 bits per heavy atom. The average molecular weight is 255 g/mol. The van der Waals surface area contributed by atoms with Crippen molar-refractivity contribution in [2.75, 3.05) is 13.7 Å².